The number of hydrogen-bond acceptors (Lipinski definition) is 2. The van der Waals surface area contributed by atoms with Crippen LogP contribution in [0.2, 0.25) is 0 Å². The van der Waals surface area contributed by atoms with Gasteiger partial charge in [0.15, 0.2) is 0 Å². The minimum absolute atomic E-state index is 0.689. The molecule has 0 amide bonds. The molecular weight excluding hydrogens is 256 g/mol. The summed E-state index contributed by atoms with van der Waals surface area (Å²) in [5, 5.41) is 3.74. The smallest absolute Gasteiger partial charge is 0.0367 e. The largest absolute Gasteiger partial charge is 0.382 e. The van der Waals surface area contributed by atoms with Gasteiger partial charge in [-0.1, -0.05) is 13.3 Å². The van der Waals surface area contributed by atoms with Crippen LogP contribution in [0.5, 0.6) is 0 Å². The van der Waals surface area contributed by atoms with Gasteiger partial charge in [-0.2, -0.15) is 0 Å². The summed E-state index contributed by atoms with van der Waals surface area (Å²) in [6.45, 7) is 4.79. The average molecular weight is 286 g/mol. The number of hydrogen-bond donors (Lipinski definition) is 1. The molecule has 0 unspecified atom stereocenters. The predicted octanol–water partition coefficient (Wildman–Crippen LogP) is 5.06. The van der Waals surface area contributed by atoms with Gasteiger partial charge in [-0.3, -0.25) is 0 Å². The summed E-state index contributed by atoms with van der Waals surface area (Å²) in [4.78, 5) is 2.53. The first-order valence-electron chi connectivity index (χ1n) is 8.96. The normalized spacial score (nSPS) is 26.6. The third-order valence-corrected chi connectivity index (χ3v) is 5.38. The topological polar surface area (TPSA) is 15.3 Å². The third-order valence-electron chi connectivity index (χ3n) is 5.38. The van der Waals surface area contributed by atoms with E-state index in [4.69, 9.17) is 0 Å². The molecule has 1 aliphatic carbocycles. The van der Waals surface area contributed by atoms with Gasteiger partial charge in [0.25, 0.3) is 0 Å². The Kier molecular flexibility index (Phi) is 5.05. The van der Waals surface area contributed by atoms with Crippen LogP contribution in [0.3, 0.4) is 0 Å². The Hall–Kier alpha value is -1.18. The second kappa shape index (κ2) is 7.20. The van der Waals surface area contributed by atoms with Crippen molar-refractivity contribution in [3.05, 3.63) is 24.3 Å². The summed E-state index contributed by atoms with van der Waals surface area (Å²) in [5.74, 6) is 0.976. The monoisotopic (exact) mass is 286 g/mol. The van der Waals surface area contributed by atoms with Gasteiger partial charge in [0, 0.05) is 30.5 Å². The highest BCUT2D eigenvalue weighted by atomic mass is 15.1. The van der Waals surface area contributed by atoms with Crippen molar-refractivity contribution >= 4 is 11.4 Å². The molecule has 116 valence electrons. The van der Waals surface area contributed by atoms with Crippen molar-refractivity contribution in [2.75, 3.05) is 23.3 Å². The molecule has 3 rings (SSSR count). The van der Waals surface area contributed by atoms with E-state index in [1.807, 2.05) is 0 Å². The van der Waals surface area contributed by atoms with E-state index in [-0.39, 0.29) is 0 Å². The molecule has 21 heavy (non-hydrogen) atoms. The highest BCUT2D eigenvalue weighted by molar-refractivity contribution is 5.55. The summed E-state index contributed by atoms with van der Waals surface area (Å²) in [5.41, 5.74) is 2.70. The van der Waals surface area contributed by atoms with Crippen LogP contribution in [0, 0.1) is 5.92 Å². The standard InChI is InChI=1S/C19H30N2/c1-2-16-6-8-17(9-7-16)20-18-10-12-19(13-11-18)21-14-4-3-5-15-21/h10-13,16-17,20H,2-9,14-15H2,1H3. The molecule has 2 heteroatoms. The summed E-state index contributed by atoms with van der Waals surface area (Å²) >= 11 is 0. The lowest BCUT2D eigenvalue weighted by Crippen LogP contribution is -2.29. The molecule has 1 saturated heterocycles. The summed E-state index contributed by atoms with van der Waals surface area (Å²) in [7, 11) is 0. The van der Waals surface area contributed by atoms with E-state index in [0.717, 1.165) is 5.92 Å². The number of anilines is 2. The predicted molar refractivity (Wildman–Crippen MR) is 92.2 cm³/mol. The molecule has 2 nitrogen and oxygen atoms in total. The fraction of sp³-hybridized carbons (Fsp3) is 0.684. The number of benzene rings is 1. The molecule has 0 atom stereocenters. The molecule has 2 aliphatic rings. The average Bonchev–Trinajstić information content (AvgIpc) is 2.57. The number of nitrogens with one attached hydrogen (secondary N) is 1. The van der Waals surface area contributed by atoms with Crippen LogP contribution in [0.4, 0.5) is 11.4 Å². The molecule has 0 spiro atoms. The quantitative estimate of drug-likeness (QED) is 0.832. The molecule has 0 aromatic heterocycles. The summed E-state index contributed by atoms with van der Waals surface area (Å²) in [6, 6.07) is 9.83. The SMILES string of the molecule is CCC1CCC(Nc2ccc(N3CCCCC3)cc2)CC1. The fourth-order valence-electron chi connectivity index (χ4n) is 3.87. The van der Waals surface area contributed by atoms with E-state index >= 15 is 0 Å². The Morgan fingerprint density at radius 1 is 0.952 bits per heavy atom. The zero-order chi connectivity index (χ0) is 14.5. The first-order valence-corrected chi connectivity index (χ1v) is 8.96. The van der Waals surface area contributed by atoms with Crippen molar-refractivity contribution in [2.45, 2.75) is 64.3 Å². The first-order chi connectivity index (χ1) is 10.3. The van der Waals surface area contributed by atoms with Crippen LogP contribution < -0.4 is 10.2 Å². The van der Waals surface area contributed by atoms with Crippen molar-refractivity contribution in [3.8, 4) is 0 Å². The molecule has 1 aromatic carbocycles. The van der Waals surface area contributed by atoms with Gasteiger partial charge in [0.05, 0.1) is 0 Å². The molecule has 1 saturated carbocycles. The highest BCUT2D eigenvalue weighted by Gasteiger charge is 2.19. The van der Waals surface area contributed by atoms with Crippen LogP contribution in [-0.2, 0) is 0 Å². The molecule has 1 aromatic rings. The van der Waals surface area contributed by atoms with Crippen molar-refractivity contribution in [1.82, 2.24) is 0 Å². The van der Waals surface area contributed by atoms with E-state index in [9.17, 15) is 0 Å². The Morgan fingerprint density at radius 3 is 2.24 bits per heavy atom. The molecule has 1 aliphatic heterocycles. The molecule has 0 bridgehead atoms. The van der Waals surface area contributed by atoms with E-state index in [2.05, 4.69) is 41.4 Å². The molecule has 1 N–H and O–H groups in total. The minimum atomic E-state index is 0.689. The van der Waals surface area contributed by atoms with Crippen LogP contribution in [0.25, 0.3) is 0 Å². The fourth-order valence-corrected chi connectivity index (χ4v) is 3.87. The third kappa shape index (κ3) is 3.93. The number of piperidine rings is 1. The van der Waals surface area contributed by atoms with Gasteiger partial charge in [0.1, 0.15) is 0 Å². The molecule has 0 radical (unpaired) electrons. The van der Waals surface area contributed by atoms with E-state index in [0.29, 0.717) is 6.04 Å². The highest BCUT2D eigenvalue weighted by Crippen LogP contribution is 2.29. The zero-order valence-corrected chi connectivity index (χ0v) is 13.5. The Bertz CT molecular complexity index is 412. The lowest BCUT2D eigenvalue weighted by molar-refractivity contribution is 0.330. The van der Waals surface area contributed by atoms with Crippen molar-refractivity contribution < 1.29 is 0 Å². The molecule has 1 heterocycles. The van der Waals surface area contributed by atoms with Gasteiger partial charge >= 0.3 is 0 Å². The van der Waals surface area contributed by atoms with Crippen LogP contribution >= 0.6 is 0 Å². The van der Waals surface area contributed by atoms with Gasteiger partial charge in [-0.05, 0) is 75.1 Å². The zero-order valence-electron chi connectivity index (χ0n) is 13.5. The maximum atomic E-state index is 3.74. The lowest BCUT2D eigenvalue weighted by atomic mass is 9.84. The van der Waals surface area contributed by atoms with E-state index in [1.54, 1.807) is 0 Å². The Morgan fingerprint density at radius 2 is 1.62 bits per heavy atom. The molecule has 2 fully saturated rings. The van der Waals surface area contributed by atoms with Gasteiger partial charge < -0.3 is 10.2 Å². The van der Waals surface area contributed by atoms with E-state index in [1.165, 1.54) is 75.8 Å². The van der Waals surface area contributed by atoms with Crippen molar-refractivity contribution in [1.29, 1.82) is 0 Å². The second-order valence-corrected chi connectivity index (χ2v) is 6.86. The Balaban J connectivity index is 1.52. The lowest BCUT2D eigenvalue weighted by Gasteiger charge is -2.30. The minimum Gasteiger partial charge on any atom is -0.382 e. The first kappa shape index (κ1) is 14.7. The van der Waals surface area contributed by atoms with Gasteiger partial charge in [-0.15, -0.1) is 0 Å². The Labute approximate surface area is 129 Å². The summed E-state index contributed by atoms with van der Waals surface area (Å²) in [6.07, 6.45) is 10.9. The molecular formula is C19H30N2. The van der Waals surface area contributed by atoms with Gasteiger partial charge in [0.2, 0.25) is 0 Å². The maximum absolute atomic E-state index is 3.74. The maximum Gasteiger partial charge on any atom is 0.0367 e. The van der Waals surface area contributed by atoms with Crippen LogP contribution in [0.1, 0.15) is 58.3 Å². The van der Waals surface area contributed by atoms with Crippen LogP contribution in [-0.4, -0.2) is 19.1 Å². The summed E-state index contributed by atoms with van der Waals surface area (Å²) < 4.78 is 0. The number of rotatable bonds is 4. The number of nitrogens with zero attached hydrogens (tertiary/aromatic N) is 1. The van der Waals surface area contributed by atoms with Crippen molar-refractivity contribution in [2.24, 2.45) is 5.92 Å². The van der Waals surface area contributed by atoms with Crippen LogP contribution in [0.15, 0.2) is 24.3 Å². The second-order valence-electron chi connectivity index (χ2n) is 6.86. The van der Waals surface area contributed by atoms with Crippen molar-refractivity contribution in [3.63, 3.8) is 0 Å². The van der Waals surface area contributed by atoms with Gasteiger partial charge in [-0.25, -0.2) is 0 Å². The van der Waals surface area contributed by atoms with E-state index < -0.39 is 0 Å².